The van der Waals surface area contributed by atoms with Crippen LogP contribution in [0.4, 0.5) is 0 Å². The van der Waals surface area contributed by atoms with Gasteiger partial charge in [-0.3, -0.25) is 0 Å². The van der Waals surface area contributed by atoms with Crippen LogP contribution in [0.15, 0.2) is 24.3 Å². The molecule has 1 atom stereocenters. The Morgan fingerprint density at radius 1 is 1.19 bits per heavy atom. The number of carbonyl (C=O) groups is 1. The Labute approximate surface area is 132 Å². The highest BCUT2D eigenvalue weighted by molar-refractivity contribution is 6.77. The largest absolute Gasteiger partial charge is 0.493 e. The molecule has 0 amide bonds. The van der Waals surface area contributed by atoms with E-state index < -0.39 is 0 Å². The maximum absolute atomic E-state index is 12.2. The van der Waals surface area contributed by atoms with Gasteiger partial charge in [-0.2, -0.15) is 0 Å². The minimum absolute atomic E-state index is 0.231. The molecule has 1 unspecified atom stereocenters. The highest BCUT2D eigenvalue weighted by Crippen LogP contribution is 2.21. The molecule has 0 bridgehead atoms. The molecule has 1 aromatic carbocycles. The molecule has 0 saturated heterocycles. The summed E-state index contributed by atoms with van der Waals surface area (Å²) in [4.78, 5) is 12.2. The molecule has 1 aromatic rings. The van der Waals surface area contributed by atoms with E-state index in [0.29, 0.717) is 15.4 Å². The van der Waals surface area contributed by atoms with E-state index in [1.54, 1.807) is 0 Å². The van der Waals surface area contributed by atoms with Gasteiger partial charge in [-0.05, 0) is 24.5 Å². The van der Waals surface area contributed by atoms with Crippen LogP contribution < -0.4 is 4.74 Å². The molecule has 0 aromatic heterocycles. The fourth-order valence-electron chi connectivity index (χ4n) is 2.22. The van der Waals surface area contributed by atoms with E-state index >= 15 is 0 Å². The minimum Gasteiger partial charge on any atom is -0.493 e. The lowest BCUT2D eigenvalue weighted by Gasteiger charge is -2.17. The number of para-hydroxylation sites is 1. The van der Waals surface area contributed by atoms with Crippen molar-refractivity contribution in [2.24, 2.45) is 5.92 Å². The summed E-state index contributed by atoms with van der Waals surface area (Å²) in [7, 11) is 0.360. The molecule has 2 nitrogen and oxygen atoms in total. The zero-order valence-corrected chi connectivity index (χ0v) is 14.7. The van der Waals surface area contributed by atoms with Crippen LogP contribution in [0, 0.1) is 5.92 Å². The monoisotopic (exact) mass is 304 g/mol. The maximum Gasteiger partial charge on any atom is 0.140 e. The molecule has 0 fully saturated rings. The zero-order valence-electron chi connectivity index (χ0n) is 13.7. The number of unbranched alkanes of at least 4 members (excludes halogenated alkanes) is 1. The number of hydrogen-bond donors (Lipinski definition) is 0. The first-order valence-electron chi connectivity index (χ1n) is 8.22. The van der Waals surface area contributed by atoms with E-state index in [2.05, 4.69) is 20.8 Å². The van der Waals surface area contributed by atoms with Crippen molar-refractivity contribution in [3.63, 3.8) is 0 Å². The van der Waals surface area contributed by atoms with Crippen molar-refractivity contribution in [2.45, 2.75) is 58.9 Å². The van der Waals surface area contributed by atoms with Crippen LogP contribution in [-0.2, 0) is 0 Å². The molecule has 0 heterocycles. The Bertz CT molecular complexity index is 417. The van der Waals surface area contributed by atoms with Crippen LogP contribution in [0.25, 0.3) is 0 Å². The molecule has 0 aliphatic carbocycles. The van der Waals surface area contributed by atoms with Gasteiger partial charge in [-0.25, -0.2) is 0 Å². The number of rotatable bonds is 11. The smallest absolute Gasteiger partial charge is 0.140 e. The first-order chi connectivity index (χ1) is 10.2. The number of carbonyl (C=O) groups excluding carboxylic acids is 1. The summed E-state index contributed by atoms with van der Waals surface area (Å²) in [6.07, 6.45) is 5.88. The number of hydrogen-bond acceptors (Lipinski definition) is 2. The summed E-state index contributed by atoms with van der Waals surface area (Å²) in [5.74, 6) is 1.35. The second-order valence-corrected chi connectivity index (χ2v) is 6.79. The first-order valence-corrected chi connectivity index (χ1v) is 9.43. The Morgan fingerprint density at radius 2 is 1.95 bits per heavy atom. The van der Waals surface area contributed by atoms with Gasteiger partial charge in [0.15, 0.2) is 0 Å². The molecule has 0 spiro atoms. The third-order valence-electron chi connectivity index (χ3n) is 3.69. The fraction of sp³-hybridized carbons (Fsp3) is 0.611. The van der Waals surface area contributed by atoms with Crippen LogP contribution in [-0.4, -0.2) is 21.5 Å². The molecule has 21 heavy (non-hydrogen) atoms. The number of benzene rings is 1. The normalized spacial score (nSPS) is 12.1. The molecule has 0 saturated carbocycles. The Kier molecular flexibility index (Phi) is 9.07. The Hall–Kier alpha value is -1.09. The van der Waals surface area contributed by atoms with Gasteiger partial charge in [-0.1, -0.05) is 64.6 Å². The van der Waals surface area contributed by atoms with Crippen molar-refractivity contribution in [3.8, 4) is 5.75 Å². The quantitative estimate of drug-likeness (QED) is 0.540. The molecule has 1 rings (SSSR count). The predicted molar refractivity (Wildman–Crippen MR) is 90.4 cm³/mol. The molecule has 0 N–H and O–H groups in total. The summed E-state index contributed by atoms with van der Waals surface area (Å²) < 4.78 is 5.97. The van der Waals surface area contributed by atoms with Gasteiger partial charge in [0.1, 0.15) is 20.7 Å². The zero-order chi connectivity index (χ0) is 15.5. The van der Waals surface area contributed by atoms with Crippen LogP contribution >= 0.6 is 0 Å². The molecule has 0 aliphatic rings. The van der Waals surface area contributed by atoms with E-state index in [4.69, 9.17) is 4.74 Å². The molecule has 2 radical (unpaired) electrons. The lowest BCUT2D eigenvalue weighted by molar-refractivity contribution is 0.107. The van der Waals surface area contributed by atoms with E-state index in [9.17, 15) is 4.79 Å². The van der Waals surface area contributed by atoms with E-state index in [0.717, 1.165) is 36.8 Å². The number of ether oxygens (including phenoxy) is 1. The van der Waals surface area contributed by atoms with E-state index in [1.807, 2.05) is 24.3 Å². The minimum atomic E-state index is 0.231. The van der Waals surface area contributed by atoms with Crippen molar-refractivity contribution >= 4 is 14.9 Å². The van der Waals surface area contributed by atoms with Crippen LogP contribution in [0.2, 0.25) is 6.04 Å². The van der Waals surface area contributed by atoms with Gasteiger partial charge < -0.3 is 9.53 Å². The maximum atomic E-state index is 12.2. The van der Waals surface area contributed by atoms with Crippen molar-refractivity contribution in [1.29, 1.82) is 0 Å². The second-order valence-electron chi connectivity index (χ2n) is 5.48. The molecular weight excluding hydrogens is 276 g/mol. The van der Waals surface area contributed by atoms with Crippen LogP contribution in [0.1, 0.15) is 63.2 Å². The van der Waals surface area contributed by atoms with Crippen LogP contribution in [0.5, 0.6) is 5.75 Å². The highest BCUT2D eigenvalue weighted by Gasteiger charge is 2.14. The summed E-state index contributed by atoms with van der Waals surface area (Å²) in [6, 6.07) is 8.66. The van der Waals surface area contributed by atoms with Crippen molar-refractivity contribution < 1.29 is 9.53 Å². The lowest BCUT2D eigenvalue weighted by atomic mass is 10.0. The fourth-order valence-corrected chi connectivity index (χ4v) is 3.09. The molecule has 3 heteroatoms. The Morgan fingerprint density at radius 3 is 2.62 bits per heavy atom. The van der Waals surface area contributed by atoms with E-state index in [1.165, 1.54) is 19.3 Å². The first kappa shape index (κ1) is 18.0. The average molecular weight is 305 g/mol. The summed E-state index contributed by atoms with van der Waals surface area (Å²) >= 11 is 0. The topological polar surface area (TPSA) is 26.3 Å². The van der Waals surface area contributed by atoms with Gasteiger partial charge in [0.05, 0.1) is 12.2 Å². The van der Waals surface area contributed by atoms with Gasteiger partial charge in [0, 0.05) is 0 Å². The highest BCUT2D eigenvalue weighted by atomic mass is 28.2. The molecule has 0 aliphatic heterocycles. The van der Waals surface area contributed by atoms with Crippen molar-refractivity contribution in [1.82, 2.24) is 0 Å². The molecular formula is C18H28O2Si. The van der Waals surface area contributed by atoms with Gasteiger partial charge >= 0.3 is 0 Å². The van der Waals surface area contributed by atoms with Crippen molar-refractivity contribution in [3.05, 3.63) is 29.8 Å². The predicted octanol–water partition coefficient (Wildman–Crippen LogP) is 4.95. The summed E-state index contributed by atoms with van der Waals surface area (Å²) in [5.41, 5.74) is 0.759. The second kappa shape index (κ2) is 10.6. The van der Waals surface area contributed by atoms with Crippen LogP contribution in [0.3, 0.4) is 0 Å². The van der Waals surface area contributed by atoms with Gasteiger partial charge in [0.2, 0.25) is 0 Å². The molecule has 116 valence electrons. The average Bonchev–Trinajstić information content (AvgIpc) is 2.53. The third-order valence-corrected chi connectivity index (χ3v) is 5.03. The third kappa shape index (κ3) is 6.47. The summed E-state index contributed by atoms with van der Waals surface area (Å²) in [5, 5.41) is 0.231. The van der Waals surface area contributed by atoms with E-state index in [-0.39, 0.29) is 5.41 Å². The SMILES string of the molecule is CCCCC(CC)COc1ccccc1C(=O)[Si]CCC. The Balaban J connectivity index is 2.63. The lowest BCUT2D eigenvalue weighted by Crippen LogP contribution is -2.15. The van der Waals surface area contributed by atoms with Crippen molar-refractivity contribution in [2.75, 3.05) is 6.61 Å². The van der Waals surface area contributed by atoms with Gasteiger partial charge in [0.25, 0.3) is 0 Å². The van der Waals surface area contributed by atoms with Gasteiger partial charge in [-0.15, -0.1) is 0 Å². The standard InChI is InChI=1S/C18H28O2Si/c1-4-7-10-15(6-3)14-20-17-12-9-8-11-16(17)18(19)21-13-5-2/h8-9,11-12,15H,4-7,10,13-14H2,1-3H3. The summed E-state index contributed by atoms with van der Waals surface area (Å²) in [6.45, 7) is 7.26.